The molecule has 2 N–H and O–H groups in total. The number of aromatic nitrogens is 1. The van der Waals surface area contributed by atoms with Gasteiger partial charge in [0.15, 0.2) is 0 Å². The minimum absolute atomic E-state index is 0.190. The predicted molar refractivity (Wildman–Crippen MR) is 65.2 cm³/mol. The smallest absolute Gasteiger partial charge is 0.308 e. The van der Waals surface area contributed by atoms with Crippen LogP contribution in [0, 0.1) is 17.2 Å². The third-order valence-corrected chi connectivity index (χ3v) is 3.27. The van der Waals surface area contributed by atoms with Crippen molar-refractivity contribution in [3.63, 3.8) is 0 Å². The monoisotopic (exact) mass is 259 g/mol. The molecule has 1 heterocycles. The average Bonchev–Trinajstić information content (AvgIpc) is 2.87. The summed E-state index contributed by atoms with van der Waals surface area (Å²) in [4.78, 5) is 26.8. The molecule has 0 radical (unpaired) electrons. The molecule has 19 heavy (non-hydrogen) atoms. The first kappa shape index (κ1) is 13.0. The Labute approximate surface area is 110 Å². The second kappa shape index (κ2) is 5.48. The first-order chi connectivity index (χ1) is 9.11. The molecule has 6 nitrogen and oxygen atoms in total. The van der Waals surface area contributed by atoms with Gasteiger partial charge < -0.3 is 10.4 Å². The van der Waals surface area contributed by atoms with E-state index in [4.69, 9.17) is 10.4 Å². The van der Waals surface area contributed by atoms with E-state index in [1.165, 1.54) is 18.3 Å². The van der Waals surface area contributed by atoms with Crippen molar-refractivity contribution in [1.29, 1.82) is 5.26 Å². The summed E-state index contributed by atoms with van der Waals surface area (Å²) in [6, 6.07) is 4.53. The van der Waals surface area contributed by atoms with Crippen LogP contribution in [0.15, 0.2) is 18.3 Å². The number of nitriles is 1. The van der Waals surface area contributed by atoms with Gasteiger partial charge in [0.25, 0.3) is 5.91 Å². The van der Waals surface area contributed by atoms with Crippen molar-refractivity contribution >= 4 is 11.9 Å². The number of pyridine rings is 1. The summed E-state index contributed by atoms with van der Waals surface area (Å²) >= 11 is 0. The third-order valence-electron chi connectivity index (χ3n) is 3.27. The van der Waals surface area contributed by atoms with Crippen LogP contribution in [0.25, 0.3) is 0 Å². The molecule has 1 fully saturated rings. The molecule has 0 aliphatic heterocycles. The van der Waals surface area contributed by atoms with Crippen LogP contribution in [-0.4, -0.2) is 28.0 Å². The van der Waals surface area contributed by atoms with E-state index in [-0.39, 0.29) is 11.7 Å². The number of carbonyl (C=O) groups is 2. The molecule has 0 spiro atoms. The summed E-state index contributed by atoms with van der Waals surface area (Å²) in [5.74, 6) is -1.81. The Kier molecular flexibility index (Phi) is 3.76. The number of nitrogens with zero attached hydrogens (tertiary/aromatic N) is 2. The second-order valence-electron chi connectivity index (χ2n) is 4.50. The number of carboxylic acids is 1. The largest absolute Gasteiger partial charge is 0.481 e. The number of carboxylic acid groups (broad SMARTS) is 1. The Bertz CT molecular complexity index is 533. The minimum atomic E-state index is -0.879. The van der Waals surface area contributed by atoms with E-state index in [1.54, 1.807) is 0 Å². The average molecular weight is 259 g/mol. The van der Waals surface area contributed by atoms with Gasteiger partial charge in [-0.2, -0.15) is 5.26 Å². The second-order valence-corrected chi connectivity index (χ2v) is 4.50. The van der Waals surface area contributed by atoms with Crippen LogP contribution in [0.1, 0.15) is 35.3 Å². The highest BCUT2D eigenvalue weighted by Gasteiger charge is 2.34. The molecular weight excluding hydrogens is 246 g/mol. The molecule has 1 aromatic heterocycles. The van der Waals surface area contributed by atoms with Gasteiger partial charge in [-0.05, 0) is 25.0 Å². The molecule has 1 aromatic rings. The molecule has 0 saturated heterocycles. The molecule has 6 heteroatoms. The lowest BCUT2D eigenvalue weighted by molar-refractivity contribution is -0.142. The van der Waals surface area contributed by atoms with E-state index >= 15 is 0 Å². The van der Waals surface area contributed by atoms with E-state index in [9.17, 15) is 9.59 Å². The normalized spacial score (nSPS) is 21.6. The van der Waals surface area contributed by atoms with Crippen molar-refractivity contribution in [3.8, 4) is 6.07 Å². The number of aliphatic carboxylic acids is 1. The van der Waals surface area contributed by atoms with Gasteiger partial charge in [0, 0.05) is 12.2 Å². The zero-order chi connectivity index (χ0) is 13.8. The molecule has 2 unspecified atom stereocenters. The standard InChI is InChI=1S/C13H13N3O3/c14-6-8-4-5-11(15-7-8)12(17)16-10-3-1-2-9(10)13(18)19/h4-5,7,9-10H,1-3H2,(H,16,17)(H,18,19). The first-order valence-corrected chi connectivity index (χ1v) is 6.01. The van der Waals surface area contributed by atoms with Gasteiger partial charge in [-0.1, -0.05) is 6.42 Å². The van der Waals surface area contributed by atoms with Crippen LogP contribution in [0.2, 0.25) is 0 Å². The Hall–Kier alpha value is -2.42. The fourth-order valence-electron chi connectivity index (χ4n) is 2.27. The van der Waals surface area contributed by atoms with Crippen molar-refractivity contribution in [2.45, 2.75) is 25.3 Å². The van der Waals surface area contributed by atoms with Crippen LogP contribution in [0.5, 0.6) is 0 Å². The first-order valence-electron chi connectivity index (χ1n) is 6.01. The Morgan fingerprint density at radius 3 is 2.79 bits per heavy atom. The quantitative estimate of drug-likeness (QED) is 0.840. The fourth-order valence-corrected chi connectivity index (χ4v) is 2.27. The van der Waals surface area contributed by atoms with Gasteiger partial charge >= 0.3 is 5.97 Å². The van der Waals surface area contributed by atoms with E-state index in [2.05, 4.69) is 10.3 Å². The maximum absolute atomic E-state index is 11.9. The van der Waals surface area contributed by atoms with Gasteiger partial charge in [0.05, 0.1) is 11.5 Å². The number of hydrogen-bond acceptors (Lipinski definition) is 4. The van der Waals surface area contributed by atoms with Gasteiger partial charge in [-0.15, -0.1) is 0 Å². The van der Waals surface area contributed by atoms with Crippen molar-refractivity contribution < 1.29 is 14.7 Å². The summed E-state index contributed by atoms with van der Waals surface area (Å²) in [5, 5.41) is 20.4. The number of rotatable bonds is 3. The summed E-state index contributed by atoms with van der Waals surface area (Å²) < 4.78 is 0. The van der Waals surface area contributed by atoms with Gasteiger partial charge in [-0.25, -0.2) is 4.98 Å². The summed E-state index contributed by atoms with van der Waals surface area (Å²) in [6.45, 7) is 0. The van der Waals surface area contributed by atoms with Crippen LogP contribution in [0.3, 0.4) is 0 Å². The molecule has 0 aromatic carbocycles. The van der Waals surface area contributed by atoms with Crippen molar-refractivity contribution in [2.24, 2.45) is 5.92 Å². The molecule has 1 aliphatic carbocycles. The van der Waals surface area contributed by atoms with Gasteiger partial charge in [0.2, 0.25) is 0 Å². The van der Waals surface area contributed by atoms with E-state index in [1.807, 2.05) is 6.07 Å². The maximum Gasteiger partial charge on any atom is 0.308 e. The number of carbonyl (C=O) groups excluding carboxylic acids is 1. The topological polar surface area (TPSA) is 103 Å². The summed E-state index contributed by atoms with van der Waals surface area (Å²) in [7, 11) is 0. The Morgan fingerprint density at radius 2 is 2.21 bits per heavy atom. The minimum Gasteiger partial charge on any atom is -0.481 e. The molecule has 1 aliphatic rings. The zero-order valence-corrected chi connectivity index (χ0v) is 10.2. The number of nitrogens with one attached hydrogen (secondary N) is 1. The summed E-state index contributed by atoms with van der Waals surface area (Å²) in [5.41, 5.74) is 0.566. The highest BCUT2D eigenvalue weighted by Crippen LogP contribution is 2.25. The van der Waals surface area contributed by atoms with E-state index in [0.717, 1.165) is 6.42 Å². The molecule has 2 atom stereocenters. The molecule has 2 rings (SSSR count). The fraction of sp³-hybridized carbons (Fsp3) is 0.385. The lowest BCUT2D eigenvalue weighted by atomic mass is 10.0. The van der Waals surface area contributed by atoms with E-state index in [0.29, 0.717) is 18.4 Å². The Balaban J connectivity index is 2.04. The van der Waals surface area contributed by atoms with Crippen molar-refractivity contribution in [3.05, 3.63) is 29.6 Å². The van der Waals surface area contributed by atoms with Crippen molar-refractivity contribution in [2.75, 3.05) is 0 Å². The Morgan fingerprint density at radius 1 is 1.42 bits per heavy atom. The molecule has 98 valence electrons. The van der Waals surface area contributed by atoms with E-state index < -0.39 is 17.8 Å². The van der Waals surface area contributed by atoms with Crippen LogP contribution in [0.4, 0.5) is 0 Å². The molecular formula is C13H13N3O3. The van der Waals surface area contributed by atoms with Crippen LogP contribution < -0.4 is 5.32 Å². The van der Waals surface area contributed by atoms with Gasteiger partial charge in [-0.3, -0.25) is 9.59 Å². The highest BCUT2D eigenvalue weighted by molar-refractivity contribution is 5.92. The molecule has 0 bridgehead atoms. The molecule has 1 amide bonds. The highest BCUT2D eigenvalue weighted by atomic mass is 16.4. The van der Waals surface area contributed by atoms with Crippen LogP contribution >= 0.6 is 0 Å². The van der Waals surface area contributed by atoms with Crippen LogP contribution in [-0.2, 0) is 4.79 Å². The SMILES string of the molecule is N#Cc1ccc(C(=O)NC2CCCC2C(=O)O)nc1. The third kappa shape index (κ3) is 2.88. The maximum atomic E-state index is 11.9. The lowest BCUT2D eigenvalue weighted by Crippen LogP contribution is -2.40. The summed E-state index contributed by atoms with van der Waals surface area (Å²) in [6.07, 6.45) is 3.36. The number of amides is 1. The zero-order valence-electron chi connectivity index (χ0n) is 10.2. The lowest BCUT2D eigenvalue weighted by Gasteiger charge is -2.17. The molecule has 1 saturated carbocycles. The number of hydrogen-bond donors (Lipinski definition) is 2. The van der Waals surface area contributed by atoms with Crippen molar-refractivity contribution in [1.82, 2.24) is 10.3 Å². The van der Waals surface area contributed by atoms with Gasteiger partial charge in [0.1, 0.15) is 11.8 Å². The predicted octanol–water partition coefficient (Wildman–Crippen LogP) is 0.936.